The molecule has 0 aromatic carbocycles. The molecule has 0 saturated heterocycles. The highest BCUT2D eigenvalue weighted by molar-refractivity contribution is 7.42. The van der Waals surface area contributed by atoms with Crippen molar-refractivity contribution in [3.05, 3.63) is 0 Å². The van der Waals surface area contributed by atoms with Crippen LogP contribution in [0, 0.1) is 0 Å². The maximum atomic E-state index is 9.36. The highest BCUT2D eigenvalue weighted by Crippen LogP contribution is 2.00. The van der Waals surface area contributed by atoms with Crippen LogP contribution in [0.1, 0.15) is 0 Å². The van der Waals surface area contributed by atoms with Gasteiger partial charge < -0.3 is 0 Å². The zero-order valence-corrected chi connectivity index (χ0v) is 4.52. The number of rotatable bonds is 2. The lowest BCUT2D eigenvalue weighted by molar-refractivity contribution is 0.595. The molecule has 2 unspecified atom stereocenters. The van der Waals surface area contributed by atoms with Crippen molar-refractivity contribution >= 4 is 16.9 Å². The lowest BCUT2D eigenvalue weighted by Crippen LogP contribution is -1.33. The molecule has 0 aromatic heterocycles. The van der Waals surface area contributed by atoms with Gasteiger partial charge in [0.05, 0.1) is 0 Å². The Hall–Kier alpha value is 0.200. The van der Waals surface area contributed by atoms with E-state index in [0.717, 1.165) is 0 Å². The van der Waals surface area contributed by atoms with Gasteiger partial charge in [0.2, 0.25) is 0 Å². The highest BCUT2D eigenvalue weighted by Gasteiger charge is 1.90. The third kappa shape index (κ3) is 4.20. The van der Waals surface area contributed by atoms with E-state index in [4.69, 9.17) is 0 Å². The van der Waals surface area contributed by atoms with E-state index in [1.165, 1.54) is 0 Å². The summed E-state index contributed by atoms with van der Waals surface area (Å²) >= 11 is 0. The molecule has 2 nitrogen and oxygen atoms in total. The molecule has 0 bridgehead atoms. The SMILES string of the molecule is O=[PH+]C[PH+]=O. The second kappa shape index (κ2) is 4.20. The molecular weight excluding hydrogens is 106 g/mol. The molecular formula is CH4O2P2+2. The molecule has 0 aliphatic rings. The van der Waals surface area contributed by atoms with Crippen LogP contribution >= 0.6 is 16.9 Å². The van der Waals surface area contributed by atoms with Crippen molar-refractivity contribution < 1.29 is 9.13 Å². The van der Waals surface area contributed by atoms with E-state index in [-0.39, 0.29) is 0 Å². The van der Waals surface area contributed by atoms with Crippen LogP contribution in [0.25, 0.3) is 0 Å². The lowest BCUT2D eigenvalue weighted by atomic mass is 11.9. The van der Waals surface area contributed by atoms with Crippen molar-refractivity contribution in [3.8, 4) is 0 Å². The first-order valence-corrected chi connectivity index (χ1v) is 3.35. The summed E-state index contributed by atoms with van der Waals surface area (Å²) in [4.78, 5) is 0. The van der Waals surface area contributed by atoms with Crippen LogP contribution in [0.15, 0.2) is 0 Å². The van der Waals surface area contributed by atoms with E-state index in [2.05, 4.69) is 0 Å². The summed E-state index contributed by atoms with van der Waals surface area (Å²) in [6.45, 7) is 0. The van der Waals surface area contributed by atoms with E-state index in [1.807, 2.05) is 0 Å². The summed E-state index contributed by atoms with van der Waals surface area (Å²) < 4.78 is 18.7. The van der Waals surface area contributed by atoms with Crippen molar-refractivity contribution in [3.63, 3.8) is 0 Å². The quantitative estimate of drug-likeness (QED) is 0.496. The minimum atomic E-state index is -0.392. The van der Waals surface area contributed by atoms with Gasteiger partial charge in [-0.05, 0) is 0 Å². The minimum absolute atomic E-state index is 0.333. The van der Waals surface area contributed by atoms with Crippen molar-refractivity contribution in [2.75, 3.05) is 5.90 Å². The predicted octanol–water partition coefficient (Wildman–Crippen LogP) is 0.992. The average molecular weight is 110 g/mol. The molecule has 0 rings (SSSR count). The van der Waals surface area contributed by atoms with Gasteiger partial charge >= 0.3 is 22.8 Å². The number of hydrogen-bond acceptors (Lipinski definition) is 2. The number of hydrogen-bond donors (Lipinski definition) is 0. The van der Waals surface area contributed by atoms with Crippen LogP contribution in [-0.2, 0) is 9.13 Å². The molecule has 0 radical (unpaired) electrons. The molecule has 4 heteroatoms. The van der Waals surface area contributed by atoms with Crippen LogP contribution in [0.5, 0.6) is 0 Å². The minimum Gasteiger partial charge on any atom is -0.0725 e. The topological polar surface area (TPSA) is 34.1 Å². The summed E-state index contributed by atoms with van der Waals surface area (Å²) in [5, 5.41) is 0. The fourth-order valence-electron chi connectivity index (χ4n) is 0.0295. The second-order valence-corrected chi connectivity index (χ2v) is 2.46. The molecule has 2 atom stereocenters. The van der Waals surface area contributed by atoms with Crippen molar-refractivity contribution in [1.82, 2.24) is 0 Å². The molecule has 0 aliphatic heterocycles. The van der Waals surface area contributed by atoms with Crippen molar-refractivity contribution in [2.24, 2.45) is 0 Å². The van der Waals surface area contributed by atoms with Crippen LogP contribution < -0.4 is 0 Å². The second-order valence-electron chi connectivity index (χ2n) is 0.465. The first-order valence-electron chi connectivity index (χ1n) is 1.12. The maximum absolute atomic E-state index is 9.36. The first-order chi connectivity index (χ1) is 2.41. The fraction of sp³-hybridized carbons (Fsp3) is 1.00. The van der Waals surface area contributed by atoms with E-state index in [0.29, 0.717) is 5.90 Å². The fourth-order valence-corrected chi connectivity index (χ4v) is 0.265. The molecule has 28 valence electrons. The summed E-state index contributed by atoms with van der Waals surface area (Å²) in [6, 6.07) is 0. The van der Waals surface area contributed by atoms with E-state index >= 15 is 0 Å². The molecule has 0 heterocycles. The molecule has 0 N–H and O–H groups in total. The molecule has 0 amide bonds. The highest BCUT2D eigenvalue weighted by atomic mass is 31.1. The molecule has 0 aromatic rings. The maximum Gasteiger partial charge on any atom is 0.375 e. The van der Waals surface area contributed by atoms with Crippen LogP contribution in [0.2, 0.25) is 0 Å². The normalized spacial score (nSPS) is 9.60. The molecule has 0 aliphatic carbocycles. The zero-order valence-electron chi connectivity index (χ0n) is 2.52. The third-order valence-electron chi connectivity index (χ3n) is 0.144. The smallest absolute Gasteiger partial charge is 0.0725 e. The summed E-state index contributed by atoms with van der Waals surface area (Å²) in [5.74, 6) is 0.333. The first kappa shape index (κ1) is 5.20. The van der Waals surface area contributed by atoms with Gasteiger partial charge in [0, 0.05) is 0 Å². The molecule has 0 spiro atoms. The average Bonchev–Trinajstić information content (AvgIpc) is 1.41. The Bertz CT molecular complexity index is 36.9. The third-order valence-corrected chi connectivity index (χ3v) is 1.30. The van der Waals surface area contributed by atoms with Gasteiger partial charge in [-0.25, -0.2) is 0 Å². The standard InChI is InChI=1S/CH2O2P2/c2-4-1-5-3/h1H2/p+2. The Morgan fingerprint density at radius 2 is 1.60 bits per heavy atom. The van der Waals surface area contributed by atoms with Crippen LogP contribution in [-0.4, -0.2) is 5.90 Å². The van der Waals surface area contributed by atoms with E-state index in [9.17, 15) is 9.13 Å². The van der Waals surface area contributed by atoms with Crippen molar-refractivity contribution in [1.29, 1.82) is 0 Å². The zero-order chi connectivity index (χ0) is 4.12. The Morgan fingerprint density at radius 1 is 1.20 bits per heavy atom. The van der Waals surface area contributed by atoms with Crippen LogP contribution in [0.3, 0.4) is 0 Å². The summed E-state index contributed by atoms with van der Waals surface area (Å²) in [6.07, 6.45) is 0. The van der Waals surface area contributed by atoms with Gasteiger partial charge in [0.1, 0.15) is 0 Å². The van der Waals surface area contributed by atoms with Gasteiger partial charge in [0.15, 0.2) is 0 Å². The summed E-state index contributed by atoms with van der Waals surface area (Å²) in [7, 11) is -0.785. The molecule has 0 saturated carbocycles. The van der Waals surface area contributed by atoms with Gasteiger partial charge in [0.25, 0.3) is 0 Å². The molecule has 5 heavy (non-hydrogen) atoms. The van der Waals surface area contributed by atoms with Crippen molar-refractivity contribution in [2.45, 2.75) is 0 Å². The largest absolute Gasteiger partial charge is 0.375 e. The van der Waals surface area contributed by atoms with E-state index in [1.54, 1.807) is 0 Å². The van der Waals surface area contributed by atoms with Crippen LogP contribution in [0.4, 0.5) is 0 Å². The van der Waals surface area contributed by atoms with Gasteiger partial charge in [-0.3, -0.25) is 0 Å². The Morgan fingerprint density at radius 3 is 1.60 bits per heavy atom. The Labute approximate surface area is 33.0 Å². The van der Waals surface area contributed by atoms with Gasteiger partial charge in [-0.2, -0.15) is 0 Å². The Kier molecular flexibility index (Phi) is 4.37. The molecule has 0 fully saturated rings. The monoisotopic (exact) mass is 110 g/mol. The van der Waals surface area contributed by atoms with E-state index < -0.39 is 16.9 Å². The lowest BCUT2D eigenvalue weighted by Gasteiger charge is -1.28. The van der Waals surface area contributed by atoms with Gasteiger partial charge in [-0.15, -0.1) is 0 Å². The summed E-state index contributed by atoms with van der Waals surface area (Å²) in [5.41, 5.74) is 0. The van der Waals surface area contributed by atoms with Gasteiger partial charge in [-0.1, -0.05) is 9.13 Å². The Balaban J connectivity index is 2.65. The predicted molar refractivity (Wildman–Crippen MR) is 22.9 cm³/mol.